The molecule has 8 heteroatoms. The third kappa shape index (κ3) is 7.19. The number of ether oxygens (including phenoxy) is 2. The van der Waals surface area contributed by atoms with Gasteiger partial charge in [0.05, 0.1) is 25.4 Å². The van der Waals surface area contributed by atoms with Crippen LogP contribution in [-0.4, -0.2) is 112 Å². The molecule has 0 aliphatic carbocycles. The van der Waals surface area contributed by atoms with Crippen molar-refractivity contribution < 1.29 is 14.6 Å². The van der Waals surface area contributed by atoms with Gasteiger partial charge in [0, 0.05) is 51.5 Å². The molecule has 1 atom stereocenters. The zero-order valence-electron chi connectivity index (χ0n) is 17.6. The summed E-state index contributed by atoms with van der Waals surface area (Å²) in [7, 11) is 4.26. The highest BCUT2D eigenvalue weighted by molar-refractivity contribution is 5.79. The minimum atomic E-state index is -0.863. The van der Waals surface area contributed by atoms with Gasteiger partial charge in [-0.05, 0) is 40.8 Å². The summed E-state index contributed by atoms with van der Waals surface area (Å²) in [5.41, 5.74) is -0.789. The van der Waals surface area contributed by atoms with Gasteiger partial charge in [0.1, 0.15) is 0 Å². The molecule has 27 heavy (non-hydrogen) atoms. The Morgan fingerprint density at radius 3 is 2.37 bits per heavy atom. The van der Waals surface area contributed by atoms with Crippen LogP contribution < -0.4 is 10.6 Å². The molecule has 1 unspecified atom stereocenters. The second-order valence-corrected chi connectivity index (χ2v) is 8.17. The molecule has 0 amide bonds. The van der Waals surface area contributed by atoms with Gasteiger partial charge in [0.2, 0.25) is 0 Å². The minimum Gasteiger partial charge on any atom is -0.387 e. The van der Waals surface area contributed by atoms with Gasteiger partial charge in [-0.2, -0.15) is 0 Å². The molecule has 3 N–H and O–H groups in total. The van der Waals surface area contributed by atoms with Crippen LogP contribution in [-0.2, 0) is 9.47 Å². The molecule has 2 saturated heterocycles. The average molecular weight is 386 g/mol. The normalized spacial score (nSPS) is 23.9. The van der Waals surface area contributed by atoms with Crippen LogP contribution in [0.25, 0.3) is 0 Å². The molecular weight excluding hydrogens is 346 g/mol. The molecule has 0 aromatic heterocycles. The quantitative estimate of drug-likeness (QED) is 0.392. The molecule has 0 aromatic rings. The SMILES string of the molecule is CCNC(=NCC(C)(O)CN1CCOCC1)NCC1(N(C)C)CCOCC1. The number of nitrogens with zero attached hydrogens (tertiary/aromatic N) is 3. The molecule has 2 rings (SSSR count). The number of morpholine rings is 1. The van der Waals surface area contributed by atoms with Crippen LogP contribution in [0.4, 0.5) is 0 Å². The van der Waals surface area contributed by atoms with E-state index < -0.39 is 5.60 Å². The predicted molar refractivity (Wildman–Crippen MR) is 108 cm³/mol. The van der Waals surface area contributed by atoms with Crippen LogP contribution in [0.2, 0.25) is 0 Å². The Bertz CT molecular complexity index is 458. The molecule has 0 saturated carbocycles. The molecule has 8 nitrogen and oxygen atoms in total. The van der Waals surface area contributed by atoms with Crippen LogP contribution in [0.15, 0.2) is 4.99 Å². The number of hydrogen-bond donors (Lipinski definition) is 3. The molecule has 0 spiro atoms. The van der Waals surface area contributed by atoms with Gasteiger partial charge >= 0.3 is 0 Å². The summed E-state index contributed by atoms with van der Waals surface area (Å²) in [6.45, 7) is 11.3. The highest BCUT2D eigenvalue weighted by Gasteiger charge is 2.35. The van der Waals surface area contributed by atoms with E-state index in [0.717, 1.165) is 71.4 Å². The number of guanidine groups is 1. The second-order valence-electron chi connectivity index (χ2n) is 8.17. The van der Waals surface area contributed by atoms with E-state index in [4.69, 9.17) is 9.47 Å². The van der Waals surface area contributed by atoms with E-state index in [1.807, 2.05) is 6.92 Å². The number of likely N-dealkylation sites (N-methyl/N-ethyl adjacent to an activating group) is 1. The number of rotatable bonds is 8. The first-order chi connectivity index (χ1) is 12.9. The van der Waals surface area contributed by atoms with Crippen molar-refractivity contribution in [2.24, 2.45) is 4.99 Å². The predicted octanol–water partition coefficient (Wildman–Crippen LogP) is -0.264. The maximum atomic E-state index is 10.8. The van der Waals surface area contributed by atoms with Crippen molar-refractivity contribution in [3.05, 3.63) is 0 Å². The van der Waals surface area contributed by atoms with Crippen LogP contribution in [0.3, 0.4) is 0 Å². The van der Waals surface area contributed by atoms with Gasteiger partial charge < -0.3 is 30.1 Å². The molecule has 2 aliphatic rings. The fourth-order valence-electron chi connectivity index (χ4n) is 3.66. The van der Waals surface area contributed by atoms with Gasteiger partial charge in [-0.3, -0.25) is 9.89 Å². The smallest absolute Gasteiger partial charge is 0.191 e. The maximum Gasteiger partial charge on any atom is 0.191 e. The third-order valence-electron chi connectivity index (χ3n) is 5.55. The van der Waals surface area contributed by atoms with Crippen LogP contribution in [0, 0.1) is 0 Å². The van der Waals surface area contributed by atoms with Crippen molar-refractivity contribution in [2.45, 2.75) is 37.8 Å². The van der Waals surface area contributed by atoms with Gasteiger partial charge in [0.15, 0.2) is 5.96 Å². The van der Waals surface area contributed by atoms with Crippen LogP contribution in [0.5, 0.6) is 0 Å². The topological polar surface area (TPSA) is 81.6 Å². The third-order valence-corrected chi connectivity index (χ3v) is 5.55. The Hall–Kier alpha value is -0.930. The second kappa shape index (κ2) is 10.6. The summed E-state index contributed by atoms with van der Waals surface area (Å²) >= 11 is 0. The number of nitrogens with one attached hydrogen (secondary N) is 2. The van der Waals surface area contributed by atoms with E-state index >= 15 is 0 Å². The van der Waals surface area contributed by atoms with E-state index in [2.05, 4.69) is 46.4 Å². The van der Waals surface area contributed by atoms with E-state index in [1.54, 1.807) is 0 Å². The zero-order chi connectivity index (χ0) is 19.8. The monoisotopic (exact) mass is 385 g/mol. The van der Waals surface area contributed by atoms with Crippen LogP contribution in [0.1, 0.15) is 26.7 Å². The van der Waals surface area contributed by atoms with E-state index in [-0.39, 0.29) is 5.54 Å². The Balaban J connectivity index is 1.91. The molecule has 0 radical (unpaired) electrons. The van der Waals surface area contributed by atoms with E-state index in [0.29, 0.717) is 13.1 Å². The molecule has 2 heterocycles. The van der Waals surface area contributed by atoms with Crippen molar-refractivity contribution in [1.29, 1.82) is 0 Å². The summed E-state index contributed by atoms with van der Waals surface area (Å²) in [5.74, 6) is 0.757. The van der Waals surface area contributed by atoms with Crippen molar-refractivity contribution in [3.63, 3.8) is 0 Å². The molecular formula is C19H39N5O3. The lowest BCUT2D eigenvalue weighted by Crippen LogP contribution is -2.57. The summed E-state index contributed by atoms with van der Waals surface area (Å²) < 4.78 is 10.9. The summed E-state index contributed by atoms with van der Waals surface area (Å²) in [5, 5.41) is 17.6. The van der Waals surface area contributed by atoms with E-state index in [9.17, 15) is 5.11 Å². The first kappa shape index (κ1) is 22.4. The van der Waals surface area contributed by atoms with Crippen molar-refractivity contribution in [2.75, 3.05) is 79.8 Å². The van der Waals surface area contributed by atoms with Gasteiger partial charge in [-0.25, -0.2) is 0 Å². The highest BCUT2D eigenvalue weighted by Crippen LogP contribution is 2.25. The lowest BCUT2D eigenvalue weighted by atomic mass is 9.88. The van der Waals surface area contributed by atoms with Crippen molar-refractivity contribution in [1.82, 2.24) is 20.4 Å². The van der Waals surface area contributed by atoms with Gasteiger partial charge in [0.25, 0.3) is 0 Å². The fraction of sp³-hybridized carbons (Fsp3) is 0.947. The number of hydrogen-bond acceptors (Lipinski definition) is 6. The lowest BCUT2D eigenvalue weighted by molar-refractivity contribution is -0.0180. The number of aliphatic hydroxyl groups is 1. The van der Waals surface area contributed by atoms with Crippen LogP contribution >= 0.6 is 0 Å². The number of β-amino-alcohol motifs (C(OH)–C–C–N with tert-alkyl or cyclic N) is 1. The fourth-order valence-corrected chi connectivity index (χ4v) is 3.66. The first-order valence-corrected chi connectivity index (χ1v) is 10.2. The van der Waals surface area contributed by atoms with Crippen molar-refractivity contribution >= 4 is 5.96 Å². The van der Waals surface area contributed by atoms with E-state index in [1.165, 1.54) is 0 Å². The molecule has 0 aromatic carbocycles. The Kier molecular flexibility index (Phi) is 8.75. The summed E-state index contributed by atoms with van der Waals surface area (Å²) in [4.78, 5) is 9.19. The lowest BCUT2D eigenvalue weighted by Gasteiger charge is -2.43. The Morgan fingerprint density at radius 2 is 1.78 bits per heavy atom. The average Bonchev–Trinajstić information content (AvgIpc) is 2.65. The number of aliphatic imine (C=N–C) groups is 1. The minimum absolute atomic E-state index is 0.0742. The summed E-state index contributed by atoms with van der Waals surface area (Å²) in [6.07, 6.45) is 2.00. The molecule has 2 aliphatic heterocycles. The molecule has 2 fully saturated rings. The van der Waals surface area contributed by atoms with Crippen molar-refractivity contribution in [3.8, 4) is 0 Å². The molecule has 158 valence electrons. The van der Waals surface area contributed by atoms with Gasteiger partial charge in [-0.15, -0.1) is 0 Å². The molecule has 0 bridgehead atoms. The largest absolute Gasteiger partial charge is 0.387 e. The standard InChI is InChI=1S/C19H39N5O3/c1-5-20-17(22-15-19(23(3)4)6-10-26-11-7-19)21-14-18(2,25)16-24-8-12-27-13-9-24/h25H,5-16H2,1-4H3,(H2,20,21,22). The Morgan fingerprint density at radius 1 is 1.15 bits per heavy atom. The van der Waals surface area contributed by atoms with Gasteiger partial charge in [-0.1, -0.05) is 0 Å². The highest BCUT2D eigenvalue weighted by atomic mass is 16.5. The first-order valence-electron chi connectivity index (χ1n) is 10.2. The maximum absolute atomic E-state index is 10.8. The summed E-state index contributed by atoms with van der Waals surface area (Å²) in [6, 6.07) is 0. The Labute approximate surface area is 164 Å². The zero-order valence-corrected chi connectivity index (χ0v) is 17.6.